The van der Waals surface area contributed by atoms with Gasteiger partial charge >= 0.3 is 10.2 Å². The molecule has 1 fully saturated rings. The Balaban J connectivity index is 1.54. The molecule has 2 aromatic rings. The Bertz CT molecular complexity index is 1070. The maximum Gasteiger partial charge on any atom is 0.310 e. The van der Waals surface area contributed by atoms with Crippen molar-refractivity contribution in [1.29, 1.82) is 0 Å². The SMILES string of the molecule is CC1CN(CCc2cccc(S(F)(F)(F)(F)F)c2)CC1COc1ccc(S(C)(=O)=O)cc1. The smallest absolute Gasteiger partial charge is 0.310 e. The van der Waals surface area contributed by atoms with Crippen LogP contribution in [0.3, 0.4) is 0 Å². The fraction of sp³-hybridized carbons (Fsp3) is 0.429. The fourth-order valence-electron chi connectivity index (χ4n) is 3.76. The van der Waals surface area contributed by atoms with Crippen LogP contribution in [0, 0.1) is 11.8 Å². The van der Waals surface area contributed by atoms with Crippen LogP contribution in [-0.2, 0) is 16.3 Å². The first-order chi connectivity index (χ1) is 14.5. The maximum atomic E-state index is 13.0. The van der Waals surface area contributed by atoms with Crippen molar-refractivity contribution in [2.24, 2.45) is 11.8 Å². The Morgan fingerprint density at radius 3 is 2.28 bits per heavy atom. The first-order valence-corrected chi connectivity index (χ1v) is 13.8. The average Bonchev–Trinajstić information content (AvgIpc) is 3.02. The molecule has 3 rings (SSSR count). The predicted octanol–water partition coefficient (Wildman–Crippen LogP) is 5.94. The second-order valence-corrected chi connectivity index (χ2v) is 12.8. The lowest BCUT2D eigenvalue weighted by atomic mass is 9.99. The molecule has 0 bridgehead atoms. The highest BCUT2D eigenvalue weighted by Crippen LogP contribution is 3.02. The van der Waals surface area contributed by atoms with Crippen LogP contribution in [0.1, 0.15) is 12.5 Å². The molecule has 180 valence electrons. The van der Waals surface area contributed by atoms with E-state index in [-0.39, 0.29) is 28.7 Å². The number of benzene rings is 2. The van der Waals surface area contributed by atoms with Gasteiger partial charge in [0.15, 0.2) is 9.84 Å². The van der Waals surface area contributed by atoms with Gasteiger partial charge in [-0.2, -0.15) is 0 Å². The third kappa shape index (κ3) is 6.58. The predicted molar refractivity (Wildman–Crippen MR) is 116 cm³/mol. The van der Waals surface area contributed by atoms with Crippen molar-refractivity contribution >= 4 is 20.1 Å². The first-order valence-electron chi connectivity index (χ1n) is 9.99. The van der Waals surface area contributed by atoms with Crippen LogP contribution in [0.25, 0.3) is 0 Å². The van der Waals surface area contributed by atoms with Crippen molar-refractivity contribution in [3.05, 3.63) is 54.1 Å². The fourth-order valence-corrected chi connectivity index (χ4v) is 5.10. The highest BCUT2D eigenvalue weighted by molar-refractivity contribution is 8.45. The Labute approximate surface area is 185 Å². The zero-order chi connectivity index (χ0) is 23.8. The number of halogens is 5. The molecule has 0 aliphatic carbocycles. The van der Waals surface area contributed by atoms with Crippen molar-refractivity contribution in [2.45, 2.75) is 23.1 Å². The summed E-state index contributed by atoms with van der Waals surface area (Å²) in [6, 6.07) is 9.55. The standard InChI is InChI=1S/C21H26F5NO3S2/c1-16-13-27(11-10-17-4-3-5-21(12-17)32(22,23,24,25)26)14-18(16)15-30-19-6-8-20(9-7-19)31(2,28)29/h3-9,12,16,18H,10-11,13-15H2,1-2H3. The van der Waals surface area contributed by atoms with Gasteiger partial charge in [-0.25, -0.2) is 8.42 Å². The highest BCUT2D eigenvalue weighted by Gasteiger charge is 2.65. The molecule has 2 aromatic carbocycles. The second kappa shape index (κ2) is 7.88. The Morgan fingerprint density at radius 1 is 1.03 bits per heavy atom. The summed E-state index contributed by atoms with van der Waals surface area (Å²) in [5.41, 5.74) is 0.217. The van der Waals surface area contributed by atoms with E-state index in [1.807, 2.05) is 0 Å². The molecule has 0 saturated carbocycles. The van der Waals surface area contributed by atoms with Crippen LogP contribution in [0.4, 0.5) is 19.4 Å². The van der Waals surface area contributed by atoms with Crippen LogP contribution in [-0.4, -0.2) is 45.8 Å². The van der Waals surface area contributed by atoms with E-state index < -0.39 is 25.0 Å². The number of likely N-dealkylation sites (tertiary alicyclic amines) is 1. The third-order valence-corrected chi connectivity index (χ3v) is 7.89. The summed E-state index contributed by atoms with van der Waals surface area (Å²) in [4.78, 5) is 0.433. The van der Waals surface area contributed by atoms with Gasteiger partial charge in [-0.1, -0.05) is 38.5 Å². The van der Waals surface area contributed by atoms with Gasteiger partial charge in [-0.15, -0.1) is 0 Å². The maximum absolute atomic E-state index is 13.0. The van der Waals surface area contributed by atoms with E-state index in [1.54, 1.807) is 12.1 Å². The molecule has 1 saturated heterocycles. The second-order valence-electron chi connectivity index (χ2n) is 8.42. The molecule has 11 heteroatoms. The number of rotatable bonds is 8. The van der Waals surface area contributed by atoms with E-state index in [0.29, 0.717) is 37.6 Å². The summed E-state index contributed by atoms with van der Waals surface area (Å²) < 4.78 is 93.9. The number of ether oxygens (including phenoxy) is 1. The normalized spacial score (nSPS) is 22.3. The molecule has 0 amide bonds. The van der Waals surface area contributed by atoms with Crippen LogP contribution in [0.15, 0.2) is 58.3 Å². The van der Waals surface area contributed by atoms with Gasteiger partial charge in [-0.3, -0.25) is 0 Å². The Morgan fingerprint density at radius 2 is 1.69 bits per heavy atom. The first kappa shape index (κ1) is 24.8. The van der Waals surface area contributed by atoms with Gasteiger partial charge in [-0.05, 0) is 54.3 Å². The van der Waals surface area contributed by atoms with E-state index in [2.05, 4.69) is 11.8 Å². The minimum atomic E-state index is -9.68. The molecular weight excluding hydrogens is 473 g/mol. The monoisotopic (exact) mass is 499 g/mol. The summed E-state index contributed by atoms with van der Waals surface area (Å²) in [6.07, 6.45) is 1.36. The van der Waals surface area contributed by atoms with Gasteiger partial charge < -0.3 is 9.64 Å². The molecule has 0 spiro atoms. The zero-order valence-corrected chi connectivity index (χ0v) is 19.3. The van der Waals surface area contributed by atoms with E-state index >= 15 is 0 Å². The summed E-state index contributed by atoms with van der Waals surface area (Å²) in [5, 5.41) is 0. The number of hydrogen-bond acceptors (Lipinski definition) is 4. The van der Waals surface area contributed by atoms with Crippen molar-refractivity contribution in [3.8, 4) is 5.75 Å². The van der Waals surface area contributed by atoms with Gasteiger partial charge in [0.1, 0.15) is 10.6 Å². The summed E-state index contributed by atoms with van der Waals surface area (Å²) in [6.45, 7) is 4.31. The lowest BCUT2D eigenvalue weighted by Gasteiger charge is -2.40. The lowest BCUT2D eigenvalue weighted by Crippen LogP contribution is -2.25. The minimum Gasteiger partial charge on any atom is -0.493 e. The topological polar surface area (TPSA) is 46.6 Å². The van der Waals surface area contributed by atoms with Crippen molar-refractivity contribution in [1.82, 2.24) is 4.90 Å². The van der Waals surface area contributed by atoms with Crippen molar-refractivity contribution in [2.75, 3.05) is 32.5 Å². The number of nitrogens with zero attached hydrogens (tertiary/aromatic N) is 1. The lowest BCUT2D eigenvalue weighted by molar-refractivity contribution is 0.225. The molecule has 1 aliphatic heterocycles. The highest BCUT2D eigenvalue weighted by atomic mass is 32.5. The molecule has 1 aliphatic rings. The van der Waals surface area contributed by atoms with Crippen LogP contribution in [0.2, 0.25) is 0 Å². The minimum absolute atomic E-state index is 0.181. The van der Waals surface area contributed by atoms with Gasteiger partial charge in [0.05, 0.1) is 11.5 Å². The molecule has 1 heterocycles. The number of hydrogen-bond donors (Lipinski definition) is 0. The van der Waals surface area contributed by atoms with Crippen LogP contribution >= 0.6 is 10.2 Å². The molecule has 0 N–H and O–H groups in total. The molecule has 2 atom stereocenters. The zero-order valence-electron chi connectivity index (χ0n) is 17.7. The third-order valence-electron chi connectivity index (χ3n) is 5.62. The van der Waals surface area contributed by atoms with E-state index in [9.17, 15) is 27.8 Å². The summed E-state index contributed by atoms with van der Waals surface area (Å²) in [5.74, 6) is 1.01. The quantitative estimate of drug-likeness (QED) is 0.422. The Hall–Kier alpha value is -1.85. The van der Waals surface area contributed by atoms with Crippen LogP contribution < -0.4 is 4.74 Å². The molecular formula is C21H26F5NO3S2. The van der Waals surface area contributed by atoms with E-state index in [0.717, 1.165) is 18.9 Å². The molecule has 32 heavy (non-hydrogen) atoms. The molecule has 0 radical (unpaired) electrons. The average molecular weight is 500 g/mol. The molecule has 4 nitrogen and oxygen atoms in total. The molecule has 0 aromatic heterocycles. The van der Waals surface area contributed by atoms with E-state index in [1.165, 1.54) is 18.2 Å². The largest absolute Gasteiger partial charge is 0.493 e. The van der Waals surface area contributed by atoms with Gasteiger partial charge in [0, 0.05) is 31.8 Å². The van der Waals surface area contributed by atoms with Crippen LogP contribution in [0.5, 0.6) is 5.75 Å². The molecule has 2 unspecified atom stereocenters. The number of sulfone groups is 1. The Kier molecular flexibility index (Phi) is 6.10. The van der Waals surface area contributed by atoms with Crippen molar-refractivity contribution in [3.63, 3.8) is 0 Å². The van der Waals surface area contributed by atoms with E-state index in [4.69, 9.17) is 4.74 Å². The summed E-state index contributed by atoms with van der Waals surface area (Å²) in [7, 11) is -13.0. The van der Waals surface area contributed by atoms with Gasteiger partial charge in [0.2, 0.25) is 0 Å². The van der Waals surface area contributed by atoms with Gasteiger partial charge in [0.25, 0.3) is 0 Å². The van der Waals surface area contributed by atoms with Crippen molar-refractivity contribution < 1.29 is 32.6 Å². The summed E-state index contributed by atoms with van der Waals surface area (Å²) >= 11 is 0.